The zero-order valence-electron chi connectivity index (χ0n) is 19.6. The van der Waals surface area contributed by atoms with E-state index in [1.807, 2.05) is 24.3 Å². The summed E-state index contributed by atoms with van der Waals surface area (Å²) < 4.78 is 11.4. The van der Waals surface area contributed by atoms with Crippen LogP contribution in [0.4, 0.5) is 0 Å². The third-order valence-corrected chi connectivity index (χ3v) is 7.27. The third kappa shape index (κ3) is 5.96. The van der Waals surface area contributed by atoms with Gasteiger partial charge < -0.3 is 14.8 Å². The van der Waals surface area contributed by atoms with E-state index < -0.39 is 0 Å². The fraction of sp³-hybridized carbons (Fsp3) is 0.536. The summed E-state index contributed by atoms with van der Waals surface area (Å²) in [6.45, 7) is 4.94. The van der Waals surface area contributed by atoms with Crippen molar-refractivity contribution in [2.45, 2.75) is 70.1 Å². The summed E-state index contributed by atoms with van der Waals surface area (Å²) >= 11 is 0. The number of nitrogens with one attached hydrogen (secondary N) is 1. The summed E-state index contributed by atoms with van der Waals surface area (Å²) in [7, 11) is 0. The second-order valence-corrected chi connectivity index (χ2v) is 9.82. The molecule has 2 saturated heterocycles. The van der Waals surface area contributed by atoms with Crippen LogP contribution in [0.2, 0.25) is 0 Å². The maximum Gasteiger partial charge on any atom is 0.251 e. The van der Waals surface area contributed by atoms with E-state index in [2.05, 4.69) is 28.4 Å². The highest BCUT2D eigenvalue weighted by molar-refractivity contribution is 5.94. The molecule has 0 aromatic heterocycles. The topological polar surface area (TPSA) is 50.8 Å². The van der Waals surface area contributed by atoms with Crippen LogP contribution in [0.25, 0.3) is 0 Å². The van der Waals surface area contributed by atoms with Crippen LogP contribution >= 0.6 is 0 Å². The molecule has 2 aromatic carbocycles. The average molecular weight is 449 g/mol. The highest BCUT2D eigenvalue weighted by atomic mass is 16.5. The number of likely N-dealkylation sites (tertiary alicyclic amines) is 1. The molecule has 2 atom stereocenters. The van der Waals surface area contributed by atoms with Crippen LogP contribution in [0.3, 0.4) is 0 Å². The number of rotatable bonds is 7. The molecule has 1 aliphatic carbocycles. The summed E-state index contributed by atoms with van der Waals surface area (Å²) in [5.41, 5.74) is 4.96. The number of amides is 1. The standard InChI is InChI=1S/C28H36N2O3/c31-28(22-9-12-26(13-10-22)33-20-27-5-4-16-32-27)29-25-11-8-23-17-21(6-7-24(23)18-25)19-30-14-2-1-3-15-30/h6-7,9-10,12-13,17,25,27H,1-5,8,11,14-16,18-20H2,(H,29,31)/t25-,27-/m0/s1. The number of fused-ring (bicyclic) bond motifs is 1. The van der Waals surface area contributed by atoms with Gasteiger partial charge in [-0.15, -0.1) is 0 Å². The SMILES string of the molecule is O=C(N[C@H]1CCc2cc(CN3CCCCC3)ccc2C1)c1ccc(OC[C@@H]2CCCO2)cc1. The monoisotopic (exact) mass is 448 g/mol. The molecule has 1 amide bonds. The minimum Gasteiger partial charge on any atom is -0.491 e. The lowest BCUT2D eigenvalue weighted by Gasteiger charge is -2.28. The summed E-state index contributed by atoms with van der Waals surface area (Å²) in [6.07, 6.45) is 9.34. The third-order valence-electron chi connectivity index (χ3n) is 7.27. The number of aryl methyl sites for hydroxylation is 1. The van der Waals surface area contributed by atoms with Crippen molar-refractivity contribution in [3.63, 3.8) is 0 Å². The maximum atomic E-state index is 12.8. The van der Waals surface area contributed by atoms with Gasteiger partial charge in [-0.1, -0.05) is 24.6 Å². The van der Waals surface area contributed by atoms with E-state index >= 15 is 0 Å². The Bertz CT molecular complexity index is 931. The van der Waals surface area contributed by atoms with Gasteiger partial charge in [0, 0.05) is 24.8 Å². The van der Waals surface area contributed by atoms with Gasteiger partial charge in [0.2, 0.25) is 0 Å². The van der Waals surface area contributed by atoms with Gasteiger partial charge in [-0.2, -0.15) is 0 Å². The van der Waals surface area contributed by atoms with Crippen molar-refractivity contribution in [2.75, 3.05) is 26.3 Å². The van der Waals surface area contributed by atoms with Crippen molar-refractivity contribution in [3.8, 4) is 5.75 Å². The Morgan fingerprint density at radius 2 is 1.85 bits per heavy atom. The van der Waals surface area contributed by atoms with Gasteiger partial charge in [0.15, 0.2) is 0 Å². The van der Waals surface area contributed by atoms with E-state index in [-0.39, 0.29) is 18.1 Å². The summed E-state index contributed by atoms with van der Waals surface area (Å²) in [4.78, 5) is 15.4. The fourth-order valence-corrected chi connectivity index (χ4v) is 5.34. The first kappa shape index (κ1) is 22.4. The van der Waals surface area contributed by atoms with Crippen molar-refractivity contribution in [3.05, 3.63) is 64.7 Å². The van der Waals surface area contributed by atoms with Gasteiger partial charge in [-0.3, -0.25) is 9.69 Å². The van der Waals surface area contributed by atoms with Gasteiger partial charge in [0.05, 0.1) is 6.10 Å². The zero-order chi connectivity index (χ0) is 22.5. The van der Waals surface area contributed by atoms with Crippen molar-refractivity contribution in [1.29, 1.82) is 0 Å². The largest absolute Gasteiger partial charge is 0.491 e. The van der Waals surface area contributed by atoms with Crippen LogP contribution in [0.5, 0.6) is 5.75 Å². The van der Waals surface area contributed by atoms with Crippen LogP contribution in [0, 0.1) is 0 Å². The molecule has 0 saturated carbocycles. The summed E-state index contributed by atoms with van der Waals surface area (Å²) in [6, 6.07) is 14.6. The van der Waals surface area contributed by atoms with Gasteiger partial charge >= 0.3 is 0 Å². The molecule has 2 heterocycles. The number of hydrogen-bond donors (Lipinski definition) is 1. The quantitative estimate of drug-likeness (QED) is 0.677. The van der Waals surface area contributed by atoms with Crippen LogP contribution in [0.15, 0.2) is 42.5 Å². The molecular weight excluding hydrogens is 412 g/mol. The van der Waals surface area contributed by atoms with Crippen molar-refractivity contribution >= 4 is 5.91 Å². The summed E-state index contributed by atoms with van der Waals surface area (Å²) in [5, 5.41) is 3.24. The van der Waals surface area contributed by atoms with E-state index in [4.69, 9.17) is 9.47 Å². The molecule has 0 radical (unpaired) electrons. The van der Waals surface area contributed by atoms with Crippen LogP contribution < -0.4 is 10.1 Å². The van der Waals surface area contributed by atoms with E-state index in [1.165, 1.54) is 49.0 Å². The number of hydrogen-bond acceptors (Lipinski definition) is 4. The molecule has 2 aromatic rings. The summed E-state index contributed by atoms with van der Waals surface area (Å²) in [5.74, 6) is 0.782. The van der Waals surface area contributed by atoms with E-state index in [0.29, 0.717) is 12.2 Å². The number of carbonyl (C=O) groups excluding carboxylic acids is 1. The Morgan fingerprint density at radius 1 is 1.00 bits per heavy atom. The second kappa shape index (κ2) is 10.7. The Balaban J connectivity index is 1.12. The molecule has 3 aliphatic rings. The van der Waals surface area contributed by atoms with Gasteiger partial charge in [0.25, 0.3) is 5.91 Å². The van der Waals surface area contributed by atoms with Crippen molar-refractivity contribution in [2.24, 2.45) is 0 Å². The van der Waals surface area contributed by atoms with Crippen molar-refractivity contribution < 1.29 is 14.3 Å². The molecule has 2 fully saturated rings. The first-order chi connectivity index (χ1) is 16.2. The number of ether oxygens (including phenoxy) is 2. The average Bonchev–Trinajstić information content (AvgIpc) is 3.38. The van der Waals surface area contributed by atoms with Crippen LogP contribution in [-0.4, -0.2) is 49.3 Å². The molecule has 176 valence electrons. The Morgan fingerprint density at radius 3 is 2.64 bits per heavy atom. The molecular formula is C28H36N2O3. The molecule has 5 nitrogen and oxygen atoms in total. The Labute approximate surface area is 197 Å². The lowest BCUT2D eigenvalue weighted by Crippen LogP contribution is -2.38. The Kier molecular flexibility index (Phi) is 7.27. The number of nitrogens with zero attached hydrogens (tertiary/aromatic N) is 1. The minimum absolute atomic E-state index is 0.00385. The van der Waals surface area contributed by atoms with E-state index in [0.717, 1.165) is 51.0 Å². The molecule has 2 aliphatic heterocycles. The maximum absolute atomic E-state index is 12.8. The highest BCUT2D eigenvalue weighted by Crippen LogP contribution is 2.25. The van der Waals surface area contributed by atoms with Crippen LogP contribution in [-0.2, 0) is 24.1 Å². The lowest BCUT2D eigenvalue weighted by molar-refractivity contribution is 0.0679. The lowest BCUT2D eigenvalue weighted by atomic mass is 9.87. The first-order valence-electron chi connectivity index (χ1n) is 12.7. The molecule has 33 heavy (non-hydrogen) atoms. The smallest absolute Gasteiger partial charge is 0.251 e. The Hall–Kier alpha value is -2.37. The molecule has 1 N–H and O–H groups in total. The molecule has 0 unspecified atom stereocenters. The second-order valence-electron chi connectivity index (χ2n) is 9.82. The minimum atomic E-state index is -0.00385. The number of benzene rings is 2. The predicted molar refractivity (Wildman–Crippen MR) is 130 cm³/mol. The van der Waals surface area contributed by atoms with Gasteiger partial charge in [-0.05, 0) is 99.0 Å². The first-order valence-corrected chi connectivity index (χ1v) is 12.7. The molecule has 5 rings (SSSR count). The normalized spacial score (nSPS) is 23.2. The van der Waals surface area contributed by atoms with E-state index in [1.54, 1.807) is 0 Å². The van der Waals surface area contributed by atoms with Crippen molar-refractivity contribution in [1.82, 2.24) is 10.2 Å². The predicted octanol–water partition coefficient (Wildman–Crippen LogP) is 4.52. The van der Waals surface area contributed by atoms with Crippen LogP contribution in [0.1, 0.15) is 65.6 Å². The highest BCUT2D eigenvalue weighted by Gasteiger charge is 2.22. The molecule has 0 spiro atoms. The number of piperidine rings is 1. The van der Waals surface area contributed by atoms with E-state index in [9.17, 15) is 4.79 Å². The van der Waals surface area contributed by atoms with Gasteiger partial charge in [-0.25, -0.2) is 0 Å². The van der Waals surface area contributed by atoms with Gasteiger partial charge in [0.1, 0.15) is 12.4 Å². The fourth-order valence-electron chi connectivity index (χ4n) is 5.34. The molecule has 5 heteroatoms. The number of carbonyl (C=O) groups is 1. The zero-order valence-corrected chi connectivity index (χ0v) is 19.6. The molecule has 0 bridgehead atoms.